The zero-order valence-corrected chi connectivity index (χ0v) is 9.39. The number of rotatable bonds is 4. The van der Waals surface area contributed by atoms with Crippen molar-refractivity contribution in [2.75, 3.05) is 0 Å². The van der Waals surface area contributed by atoms with Crippen molar-refractivity contribution in [3.05, 3.63) is 30.3 Å². The lowest BCUT2D eigenvalue weighted by Gasteiger charge is -2.00. The first-order chi connectivity index (χ1) is 7.56. The summed E-state index contributed by atoms with van der Waals surface area (Å²) in [5.74, 6) is -0.494. The van der Waals surface area contributed by atoms with Crippen LogP contribution in [0, 0.1) is 17.2 Å². The van der Waals surface area contributed by atoms with Crippen molar-refractivity contribution in [3.63, 3.8) is 0 Å². The van der Waals surface area contributed by atoms with E-state index >= 15 is 0 Å². The normalized spacial score (nSPS) is 13.2. The number of nitrogens with zero attached hydrogens (tertiary/aromatic N) is 2. The van der Waals surface area contributed by atoms with Crippen LogP contribution in [-0.2, 0) is 14.4 Å². The molecule has 0 amide bonds. The summed E-state index contributed by atoms with van der Waals surface area (Å²) in [6, 6.07) is 9.53. The molecule has 0 fully saturated rings. The van der Waals surface area contributed by atoms with Crippen LogP contribution in [-0.4, -0.2) is 14.6 Å². The molecule has 0 aliphatic carbocycles. The fourth-order valence-corrected chi connectivity index (χ4v) is 1.58. The van der Waals surface area contributed by atoms with Crippen molar-refractivity contribution in [3.8, 4) is 6.07 Å². The molecular weight excluding hydrogens is 228 g/mol. The molecule has 5 nitrogen and oxygen atoms in total. The van der Waals surface area contributed by atoms with Crippen LogP contribution < -0.4 is 0 Å². The van der Waals surface area contributed by atoms with Crippen LogP contribution in [0.5, 0.6) is 0 Å². The minimum Gasteiger partial charge on any atom is -0.265 e. The van der Waals surface area contributed by atoms with Crippen molar-refractivity contribution in [1.82, 2.24) is 0 Å². The second kappa shape index (κ2) is 5.28. The molecule has 1 aromatic rings. The fraction of sp³-hybridized carbons (Fsp3) is 0.200. The first kappa shape index (κ1) is 12.2. The average Bonchev–Trinajstić information content (AvgIpc) is 2.30. The highest BCUT2D eigenvalue weighted by Crippen LogP contribution is 2.11. The SMILES string of the molecule is CC(C#N)/C=N/OS(=O)(=O)c1ccccc1. The van der Waals surface area contributed by atoms with E-state index in [-0.39, 0.29) is 4.90 Å². The summed E-state index contributed by atoms with van der Waals surface area (Å²) < 4.78 is 27.3. The van der Waals surface area contributed by atoms with Crippen LogP contribution in [0.3, 0.4) is 0 Å². The lowest BCUT2D eigenvalue weighted by Crippen LogP contribution is -2.03. The number of nitriles is 1. The van der Waals surface area contributed by atoms with Crippen LogP contribution in [0.15, 0.2) is 40.4 Å². The molecule has 1 aromatic carbocycles. The van der Waals surface area contributed by atoms with Gasteiger partial charge in [-0.1, -0.05) is 23.4 Å². The first-order valence-corrected chi connectivity index (χ1v) is 5.89. The molecule has 0 saturated heterocycles. The number of hydrogen-bond acceptors (Lipinski definition) is 5. The molecule has 0 saturated carbocycles. The maximum atomic E-state index is 11.5. The van der Waals surface area contributed by atoms with Crippen molar-refractivity contribution < 1.29 is 12.7 Å². The van der Waals surface area contributed by atoms with Crippen molar-refractivity contribution >= 4 is 16.3 Å². The second-order valence-corrected chi connectivity index (χ2v) is 4.54. The van der Waals surface area contributed by atoms with E-state index in [1.165, 1.54) is 12.1 Å². The van der Waals surface area contributed by atoms with E-state index in [1.807, 2.05) is 6.07 Å². The van der Waals surface area contributed by atoms with Gasteiger partial charge in [0.25, 0.3) is 0 Å². The summed E-state index contributed by atoms with van der Waals surface area (Å²) >= 11 is 0. The molecule has 16 heavy (non-hydrogen) atoms. The standard InChI is InChI=1S/C10H10N2O3S/c1-9(7-11)8-12-15-16(13,14)10-5-3-2-4-6-10/h2-6,8-9H,1H3/b12-8+. The van der Waals surface area contributed by atoms with Gasteiger partial charge in [-0.2, -0.15) is 13.7 Å². The fourth-order valence-electron chi connectivity index (χ4n) is 0.836. The summed E-state index contributed by atoms with van der Waals surface area (Å²) in [5.41, 5.74) is 0. The number of oxime groups is 1. The molecule has 0 N–H and O–H groups in total. The van der Waals surface area contributed by atoms with Gasteiger partial charge in [0.15, 0.2) is 0 Å². The van der Waals surface area contributed by atoms with Gasteiger partial charge in [-0.05, 0) is 19.1 Å². The Bertz CT molecular complexity index is 503. The Balaban J connectivity index is 2.76. The third kappa shape index (κ3) is 3.37. The minimum absolute atomic E-state index is 0.0248. The molecule has 1 unspecified atom stereocenters. The van der Waals surface area contributed by atoms with Crippen LogP contribution >= 0.6 is 0 Å². The Hall–Kier alpha value is -1.87. The zero-order valence-electron chi connectivity index (χ0n) is 8.57. The molecule has 0 aromatic heterocycles. The van der Waals surface area contributed by atoms with Crippen LogP contribution in [0.25, 0.3) is 0 Å². The molecule has 0 radical (unpaired) electrons. The lowest BCUT2D eigenvalue weighted by molar-refractivity contribution is 0.339. The molecule has 1 atom stereocenters. The van der Waals surface area contributed by atoms with Crippen LogP contribution in [0.1, 0.15) is 6.92 Å². The van der Waals surface area contributed by atoms with E-state index in [1.54, 1.807) is 25.1 Å². The number of benzene rings is 1. The Labute approximate surface area is 94.1 Å². The van der Waals surface area contributed by atoms with E-state index < -0.39 is 16.0 Å². The van der Waals surface area contributed by atoms with Gasteiger partial charge in [0.2, 0.25) is 0 Å². The summed E-state index contributed by atoms with van der Waals surface area (Å²) in [6.07, 6.45) is 1.13. The monoisotopic (exact) mass is 238 g/mol. The molecule has 0 spiro atoms. The van der Waals surface area contributed by atoms with Gasteiger partial charge >= 0.3 is 10.1 Å². The predicted octanol–water partition coefficient (Wildman–Crippen LogP) is 1.54. The largest absolute Gasteiger partial charge is 0.358 e. The Morgan fingerprint density at radius 3 is 2.62 bits per heavy atom. The molecule has 0 bridgehead atoms. The topological polar surface area (TPSA) is 79.5 Å². The van der Waals surface area contributed by atoms with Gasteiger partial charge < -0.3 is 0 Å². The predicted molar refractivity (Wildman–Crippen MR) is 58.0 cm³/mol. The van der Waals surface area contributed by atoms with E-state index in [0.717, 1.165) is 6.21 Å². The molecule has 0 aliphatic rings. The summed E-state index contributed by atoms with van der Waals surface area (Å²) in [6.45, 7) is 1.57. The van der Waals surface area contributed by atoms with Crippen LogP contribution in [0.2, 0.25) is 0 Å². The van der Waals surface area contributed by atoms with Gasteiger partial charge in [-0.15, -0.1) is 0 Å². The zero-order chi connectivity index (χ0) is 12.0. The minimum atomic E-state index is -3.87. The van der Waals surface area contributed by atoms with Gasteiger partial charge in [-0.3, -0.25) is 4.28 Å². The van der Waals surface area contributed by atoms with E-state index in [2.05, 4.69) is 9.44 Å². The van der Waals surface area contributed by atoms with Gasteiger partial charge in [0.1, 0.15) is 4.90 Å². The molecule has 84 valence electrons. The maximum Gasteiger partial charge on any atom is 0.358 e. The van der Waals surface area contributed by atoms with Crippen LogP contribution in [0.4, 0.5) is 0 Å². The second-order valence-electron chi connectivity index (χ2n) is 3.01. The van der Waals surface area contributed by atoms with E-state index in [9.17, 15) is 8.42 Å². The number of hydrogen-bond donors (Lipinski definition) is 0. The molecular formula is C10H10N2O3S. The van der Waals surface area contributed by atoms with Crippen molar-refractivity contribution in [1.29, 1.82) is 5.26 Å². The maximum absolute atomic E-state index is 11.5. The smallest absolute Gasteiger partial charge is 0.265 e. The molecule has 0 aliphatic heterocycles. The summed E-state index contributed by atoms with van der Waals surface area (Å²) in [5, 5.41) is 11.7. The van der Waals surface area contributed by atoms with E-state index in [4.69, 9.17) is 5.26 Å². The summed E-state index contributed by atoms with van der Waals surface area (Å²) in [4.78, 5) is 0.0248. The Morgan fingerprint density at radius 2 is 2.06 bits per heavy atom. The molecule has 1 rings (SSSR count). The highest BCUT2D eigenvalue weighted by molar-refractivity contribution is 7.86. The Kier molecular flexibility index (Phi) is 4.03. The van der Waals surface area contributed by atoms with Gasteiger partial charge in [0, 0.05) is 0 Å². The van der Waals surface area contributed by atoms with Crippen molar-refractivity contribution in [2.24, 2.45) is 11.1 Å². The first-order valence-electron chi connectivity index (χ1n) is 4.48. The van der Waals surface area contributed by atoms with E-state index in [0.29, 0.717) is 0 Å². The van der Waals surface area contributed by atoms with Crippen molar-refractivity contribution in [2.45, 2.75) is 11.8 Å². The third-order valence-electron chi connectivity index (χ3n) is 1.66. The highest BCUT2D eigenvalue weighted by Gasteiger charge is 2.14. The third-order valence-corrected chi connectivity index (χ3v) is 2.79. The Morgan fingerprint density at radius 1 is 1.44 bits per heavy atom. The molecule has 0 heterocycles. The van der Waals surface area contributed by atoms with Gasteiger partial charge in [-0.25, -0.2) is 0 Å². The quantitative estimate of drug-likeness (QED) is 0.588. The average molecular weight is 238 g/mol. The lowest BCUT2D eigenvalue weighted by atomic mass is 10.2. The summed E-state index contributed by atoms with van der Waals surface area (Å²) in [7, 11) is -3.87. The molecule has 6 heteroatoms. The highest BCUT2D eigenvalue weighted by atomic mass is 32.2. The van der Waals surface area contributed by atoms with Gasteiger partial charge in [0.05, 0.1) is 18.2 Å².